The quantitative estimate of drug-likeness (QED) is 0.816. The van der Waals surface area contributed by atoms with E-state index in [1.54, 1.807) is 28.3 Å². The number of rotatable bonds is 2. The van der Waals surface area contributed by atoms with E-state index in [4.69, 9.17) is 0 Å². The van der Waals surface area contributed by atoms with Gasteiger partial charge in [-0.1, -0.05) is 0 Å². The first-order valence-electron chi connectivity index (χ1n) is 6.17. The molecule has 0 atom stereocenters. The van der Waals surface area contributed by atoms with Gasteiger partial charge in [-0.05, 0) is 6.07 Å². The fourth-order valence-corrected chi connectivity index (χ4v) is 2.86. The fourth-order valence-electron chi connectivity index (χ4n) is 2.16. The number of anilines is 1. The van der Waals surface area contributed by atoms with Crippen molar-refractivity contribution in [2.75, 3.05) is 31.1 Å². The normalized spacial score (nSPS) is 15.8. The molecule has 0 radical (unpaired) electrons. The maximum absolute atomic E-state index is 12.2. The summed E-state index contributed by atoms with van der Waals surface area (Å²) in [5.74, 6) is 0.0133. The molecule has 3 heterocycles. The average Bonchev–Trinajstić information content (AvgIpc) is 3.09. The van der Waals surface area contributed by atoms with Crippen LogP contribution in [0.3, 0.4) is 0 Å². The van der Waals surface area contributed by atoms with Crippen LogP contribution in [0, 0.1) is 0 Å². The number of carbonyl (C=O) groups excluding carboxylic acids is 1. The Kier molecular flexibility index (Phi) is 3.20. The van der Waals surface area contributed by atoms with Crippen molar-refractivity contribution in [1.82, 2.24) is 19.7 Å². The van der Waals surface area contributed by atoms with Crippen molar-refractivity contribution in [1.29, 1.82) is 0 Å². The van der Waals surface area contributed by atoms with E-state index in [2.05, 4.69) is 15.0 Å². The zero-order valence-corrected chi connectivity index (χ0v) is 11.5. The molecule has 0 bridgehead atoms. The molecule has 19 heavy (non-hydrogen) atoms. The van der Waals surface area contributed by atoms with Gasteiger partial charge in [-0.15, -0.1) is 11.3 Å². The van der Waals surface area contributed by atoms with E-state index in [0.717, 1.165) is 31.3 Å². The largest absolute Gasteiger partial charge is 0.345 e. The maximum Gasteiger partial charge on any atom is 0.274 e. The van der Waals surface area contributed by atoms with Crippen molar-refractivity contribution in [2.24, 2.45) is 7.05 Å². The molecule has 7 heteroatoms. The van der Waals surface area contributed by atoms with Gasteiger partial charge in [0, 0.05) is 51.0 Å². The first-order chi connectivity index (χ1) is 9.24. The third-order valence-corrected chi connectivity index (χ3v) is 4.02. The number of thiazole rings is 1. The lowest BCUT2D eigenvalue weighted by Gasteiger charge is -2.34. The molecule has 1 fully saturated rings. The summed E-state index contributed by atoms with van der Waals surface area (Å²) >= 11 is 1.63. The van der Waals surface area contributed by atoms with Crippen LogP contribution < -0.4 is 4.90 Å². The van der Waals surface area contributed by atoms with Gasteiger partial charge in [0.1, 0.15) is 5.69 Å². The Bertz CT molecular complexity index is 556. The molecule has 1 saturated heterocycles. The lowest BCUT2D eigenvalue weighted by Crippen LogP contribution is -2.48. The molecular formula is C12H15N5OS. The molecule has 0 spiro atoms. The molecule has 6 nitrogen and oxygen atoms in total. The number of aromatic nitrogens is 3. The fraction of sp³-hybridized carbons (Fsp3) is 0.417. The van der Waals surface area contributed by atoms with Crippen LogP contribution in [0.15, 0.2) is 23.8 Å². The number of aryl methyl sites for hydroxylation is 1. The average molecular weight is 277 g/mol. The summed E-state index contributed by atoms with van der Waals surface area (Å²) in [5, 5.41) is 7.16. The van der Waals surface area contributed by atoms with E-state index in [1.807, 2.05) is 23.5 Å². The van der Waals surface area contributed by atoms with Crippen molar-refractivity contribution in [3.63, 3.8) is 0 Å². The summed E-state index contributed by atoms with van der Waals surface area (Å²) < 4.78 is 1.65. The van der Waals surface area contributed by atoms with Gasteiger partial charge in [0.2, 0.25) is 0 Å². The molecule has 0 saturated carbocycles. The maximum atomic E-state index is 12.2. The minimum atomic E-state index is 0.0133. The molecular weight excluding hydrogens is 262 g/mol. The second-order valence-electron chi connectivity index (χ2n) is 4.47. The molecule has 1 amide bonds. The third kappa shape index (κ3) is 2.46. The predicted molar refractivity (Wildman–Crippen MR) is 73.4 cm³/mol. The zero-order chi connectivity index (χ0) is 13.2. The zero-order valence-electron chi connectivity index (χ0n) is 10.7. The smallest absolute Gasteiger partial charge is 0.274 e. The Morgan fingerprint density at radius 1 is 1.32 bits per heavy atom. The predicted octanol–water partition coefficient (Wildman–Crippen LogP) is 0.839. The van der Waals surface area contributed by atoms with E-state index in [0.29, 0.717) is 5.69 Å². The van der Waals surface area contributed by atoms with Gasteiger partial charge in [0.15, 0.2) is 5.13 Å². The highest BCUT2D eigenvalue weighted by molar-refractivity contribution is 7.13. The van der Waals surface area contributed by atoms with E-state index in [-0.39, 0.29) is 5.91 Å². The van der Waals surface area contributed by atoms with Gasteiger partial charge < -0.3 is 9.80 Å². The number of hydrogen-bond donors (Lipinski definition) is 0. The Balaban J connectivity index is 1.62. The molecule has 0 aromatic carbocycles. The first-order valence-corrected chi connectivity index (χ1v) is 7.05. The van der Waals surface area contributed by atoms with Gasteiger partial charge in [-0.2, -0.15) is 5.10 Å². The SMILES string of the molecule is Cn1ccc(C(=O)N2CCN(c3nccs3)CC2)n1. The molecule has 100 valence electrons. The summed E-state index contributed by atoms with van der Waals surface area (Å²) in [6.07, 6.45) is 3.60. The lowest BCUT2D eigenvalue weighted by atomic mass is 10.3. The van der Waals surface area contributed by atoms with Gasteiger partial charge in [-0.3, -0.25) is 9.48 Å². The summed E-state index contributed by atoms with van der Waals surface area (Å²) in [6.45, 7) is 3.09. The number of piperazine rings is 1. The Morgan fingerprint density at radius 3 is 2.68 bits per heavy atom. The molecule has 0 unspecified atom stereocenters. The minimum Gasteiger partial charge on any atom is -0.345 e. The Morgan fingerprint density at radius 2 is 2.11 bits per heavy atom. The van der Waals surface area contributed by atoms with E-state index in [1.165, 1.54) is 0 Å². The Hall–Kier alpha value is -1.89. The highest BCUT2D eigenvalue weighted by Crippen LogP contribution is 2.19. The van der Waals surface area contributed by atoms with Gasteiger partial charge >= 0.3 is 0 Å². The highest BCUT2D eigenvalue weighted by atomic mass is 32.1. The van der Waals surface area contributed by atoms with Crippen molar-refractivity contribution in [3.05, 3.63) is 29.5 Å². The van der Waals surface area contributed by atoms with E-state index in [9.17, 15) is 4.79 Å². The third-order valence-electron chi connectivity index (χ3n) is 3.19. The van der Waals surface area contributed by atoms with E-state index >= 15 is 0 Å². The first kappa shape index (κ1) is 12.2. The summed E-state index contributed by atoms with van der Waals surface area (Å²) in [6, 6.07) is 1.76. The summed E-state index contributed by atoms with van der Waals surface area (Å²) in [5.41, 5.74) is 0.519. The minimum absolute atomic E-state index is 0.0133. The van der Waals surface area contributed by atoms with Crippen molar-refractivity contribution in [2.45, 2.75) is 0 Å². The molecule has 3 rings (SSSR count). The highest BCUT2D eigenvalue weighted by Gasteiger charge is 2.24. The van der Waals surface area contributed by atoms with E-state index < -0.39 is 0 Å². The van der Waals surface area contributed by atoms with Crippen LogP contribution in [0.2, 0.25) is 0 Å². The molecule has 1 aliphatic rings. The second kappa shape index (κ2) is 5.00. The Labute approximate surface area is 115 Å². The van der Waals surface area contributed by atoms with Crippen molar-refractivity contribution in [3.8, 4) is 0 Å². The number of hydrogen-bond acceptors (Lipinski definition) is 5. The number of nitrogens with zero attached hydrogens (tertiary/aromatic N) is 5. The van der Waals surface area contributed by atoms with Crippen LogP contribution in [0.1, 0.15) is 10.5 Å². The van der Waals surface area contributed by atoms with Crippen LogP contribution in [-0.2, 0) is 7.05 Å². The number of amides is 1. The molecule has 2 aromatic rings. The summed E-state index contributed by atoms with van der Waals surface area (Å²) in [7, 11) is 1.82. The topological polar surface area (TPSA) is 54.3 Å². The van der Waals surface area contributed by atoms with Crippen LogP contribution in [0.5, 0.6) is 0 Å². The van der Waals surface area contributed by atoms with Gasteiger partial charge in [0.05, 0.1) is 0 Å². The molecule has 1 aliphatic heterocycles. The van der Waals surface area contributed by atoms with Crippen molar-refractivity contribution >= 4 is 22.4 Å². The van der Waals surface area contributed by atoms with Crippen LogP contribution >= 0.6 is 11.3 Å². The summed E-state index contributed by atoms with van der Waals surface area (Å²) in [4.78, 5) is 20.6. The van der Waals surface area contributed by atoms with Crippen LogP contribution in [-0.4, -0.2) is 51.8 Å². The molecule has 2 aromatic heterocycles. The van der Waals surface area contributed by atoms with Crippen LogP contribution in [0.25, 0.3) is 0 Å². The monoisotopic (exact) mass is 277 g/mol. The number of carbonyl (C=O) groups is 1. The van der Waals surface area contributed by atoms with Gasteiger partial charge in [0.25, 0.3) is 5.91 Å². The van der Waals surface area contributed by atoms with Crippen molar-refractivity contribution < 1.29 is 4.79 Å². The molecule has 0 N–H and O–H groups in total. The standard InChI is InChI=1S/C12H15N5OS/c1-15-4-2-10(14-15)11(18)16-5-7-17(8-6-16)12-13-3-9-19-12/h2-4,9H,5-8H2,1H3. The van der Waals surface area contributed by atoms with Crippen LogP contribution in [0.4, 0.5) is 5.13 Å². The second-order valence-corrected chi connectivity index (χ2v) is 5.34. The lowest BCUT2D eigenvalue weighted by molar-refractivity contribution is 0.0740. The van der Waals surface area contributed by atoms with Gasteiger partial charge in [-0.25, -0.2) is 4.98 Å². The molecule has 0 aliphatic carbocycles.